The van der Waals surface area contributed by atoms with Crippen molar-refractivity contribution in [2.24, 2.45) is 22.6 Å². The second-order valence-electron chi connectivity index (χ2n) is 6.39. The molecule has 3 heteroatoms. The van der Waals surface area contributed by atoms with E-state index in [0.29, 0.717) is 5.92 Å². The highest BCUT2D eigenvalue weighted by Gasteiger charge is 2.27. The lowest BCUT2D eigenvalue weighted by Gasteiger charge is -2.24. The first-order valence-corrected chi connectivity index (χ1v) is 8.11. The summed E-state index contributed by atoms with van der Waals surface area (Å²) in [4.78, 5) is 16.3. The second kappa shape index (κ2) is 6.00. The number of carbonyl (C=O) groups is 1. The summed E-state index contributed by atoms with van der Waals surface area (Å²) in [5.74, 6) is 1.51. The topological polar surface area (TPSA) is 55.5 Å². The molecule has 0 fully saturated rings. The Labute approximate surface area is 126 Å². The predicted octanol–water partition coefficient (Wildman–Crippen LogP) is 3.67. The number of Topliss-reactive ketones (excluding diaryl/α,β-unsaturated/α-hetero) is 1. The molecule has 0 radical (unpaired) electrons. The number of hydrogen-bond acceptors (Lipinski definition) is 3. The Morgan fingerprint density at radius 3 is 2.90 bits per heavy atom. The summed E-state index contributed by atoms with van der Waals surface area (Å²) in [6.07, 6.45) is 14.2. The van der Waals surface area contributed by atoms with Crippen LogP contribution >= 0.6 is 0 Å². The number of nitrogens with zero attached hydrogens (tertiary/aromatic N) is 1. The average Bonchev–Trinajstić information content (AvgIpc) is 2.82. The number of carbonyl (C=O) groups excluding carboxylic acids is 1. The molecule has 0 bridgehead atoms. The Morgan fingerprint density at radius 2 is 2.14 bits per heavy atom. The quantitative estimate of drug-likeness (QED) is 0.804. The Balaban J connectivity index is 1.76. The fraction of sp³-hybridized carbons (Fsp3) is 0.556. The maximum absolute atomic E-state index is 11.8. The van der Waals surface area contributed by atoms with Crippen molar-refractivity contribution in [2.75, 3.05) is 0 Å². The molecule has 21 heavy (non-hydrogen) atoms. The molecule has 3 nitrogen and oxygen atoms in total. The van der Waals surface area contributed by atoms with Crippen LogP contribution in [0.15, 0.2) is 40.1 Å². The fourth-order valence-corrected chi connectivity index (χ4v) is 3.79. The maximum atomic E-state index is 11.8. The van der Waals surface area contributed by atoms with Gasteiger partial charge in [0.25, 0.3) is 0 Å². The minimum atomic E-state index is 0.0816. The number of rotatable bonds is 3. The molecule has 0 spiro atoms. The Hall–Kier alpha value is -1.64. The van der Waals surface area contributed by atoms with Gasteiger partial charge in [-0.1, -0.05) is 18.2 Å². The van der Waals surface area contributed by atoms with Crippen molar-refractivity contribution < 1.29 is 4.79 Å². The smallest absolute Gasteiger partial charge is 0.136 e. The molecule has 0 aromatic carbocycles. The monoisotopic (exact) mass is 284 g/mol. The van der Waals surface area contributed by atoms with Crippen LogP contribution in [0.3, 0.4) is 0 Å². The maximum Gasteiger partial charge on any atom is 0.136 e. The number of hydrogen-bond donors (Lipinski definition) is 1. The second-order valence-corrected chi connectivity index (χ2v) is 6.39. The molecule has 1 heterocycles. The van der Waals surface area contributed by atoms with Gasteiger partial charge in [-0.05, 0) is 68.9 Å². The highest BCUT2D eigenvalue weighted by Crippen LogP contribution is 2.37. The van der Waals surface area contributed by atoms with Crippen LogP contribution < -0.4 is 5.73 Å². The van der Waals surface area contributed by atoms with E-state index in [9.17, 15) is 4.79 Å². The van der Waals surface area contributed by atoms with Crippen LogP contribution in [-0.4, -0.2) is 11.6 Å². The van der Waals surface area contributed by atoms with E-state index in [4.69, 9.17) is 5.73 Å². The van der Waals surface area contributed by atoms with E-state index in [0.717, 1.165) is 43.6 Å². The molecule has 0 saturated carbocycles. The van der Waals surface area contributed by atoms with Crippen LogP contribution in [0.5, 0.6) is 0 Å². The van der Waals surface area contributed by atoms with Gasteiger partial charge in [0.05, 0.1) is 5.70 Å². The summed E-state index contributed by atoms with van der Waals surface area (Å²) in [6.45, 7) is 1.70. The van der Waals surface area contributed by atoms with Gasteiger partial charge in [-0.15, -0.1) is 0 Å². The van der Waals surface area contributed by atoms with Gasteiger partial charge in [-0.2, -0.15) is 0 Å². The largest absolute Gasteiger partial charge is 0.383 e. The lowest BCUT2D eigenvalue weighted by Crippen LogP contribution is -2.22. The van der Waals surface area contributed by atoms with E-state index in [1.165, 1.54) is 24.0 Å². The third kappa shape index (κ3) is 2.87. The van der Waals surface area contributed by atoms with Crippen LogP contribution in [0.2, 0.25) is 0 Å². The number of amidine groups is 1. The lowest BCUT2D eigenvalue weighted by atomic mass is 9.79. The van der Waals surface area contributed by atoms with Crippen LogP contribution in [0.4, 0.5) is 0 Å². The minimum absolute atomic E-state index is 0.0816. The SMILES string of the molecule is CC(=O)C1C=CCCC1C/C=C1\N=C(N)C2=C1CCCC2. The predicted molar refractivity (Wildman–Crippen MR) is 85.9 cm³/mol. The number of allylic oxidation sites excluding steroid dienone is 4. The summed E-state index contributed by atoms with van der Waals surface area (Å²) in [5.41, 5.74) is 9.77. The standard InChI is InChI=1S/C18H24N2O/c1-12(21)14-7-3-2-6-13(14)10-11-17-15-8-4-5-9-16(15)18(19)20-17/h3,7,11,13-14H,2,4-6,8-10H2,1H3,(H2,19,20)/b17-11-. The van der Waals surface area contributed by atoms with Gasteiger partial charge in [-0.25, -0.2) is 4.99 Å². The summed E-state index contributed by atoms with van der Waals surface area (Å²) >= 11 is 0. The Morgan fingerprint density at radius 1 is 1.38 bits per heavy atom. The summed E-state index contributed by atoms with van der Waals surface area (Å²) in [6, 6.07) is 0. The zero-order valence-electron chi connectivity index (χ0n) is 12.8. The normalized spacial score (nSPS) is 30.5. The summed E-state index contributed by atoms with van der Waals surface area (Å²) in [7, 11) is 0. The highest BCUT2D eigenvalue weighted by atomic mass is 16.1. The number of nitrogens with two attached hydrogens (primary N) is 1. The van der Waals surface area contributed by atoms with Crippen molar-refractivity contribution in [1.29, 1.82) is 0 Å². The molecule has 3 rings (SSSR count). The molecular formula is C18H24N2O. The van der Waals surface area contributed by atoms with Gasteiger partial charge in [-0.3, -0.25) is 4.79 Å². The first-order chi connectivity index (χ1) is 10.2. The Kier molecular flexibility index (Phi) is 4.09. The van der Waals surface area contributed by atoms with E-state index < -0.39 is 0 Å². The van der Waals surface area contributed by atoms with Crippen LogP contribution in [0, 0.1) is 11.8 Å². The van der Waals surface area contributed by atoms with Gasteiger partial charge in [0, 0.05) is 5.92 Å². The van der Waals surface area contributed by atoms with Crippen LogP contribution in [0.1, 0.15) is 51.9 Å². The van der Waals surface area contributed by atoms with Crippen LogP contribution in [0.25, 0.3) is 0 Å². The molecule has 2 aliphatic carbocycles. The zero-order valence-corrected chi connectivity index (χ0v) is 12.8. The average molecular weight is 284 g/mol. The van der Waals surface area contributed by atoms with Gasteiger partial charge in [0.1, 0.15) is 11.6 Å². The molecular weight excluding hydrogens is 260 g/mol. The van der Waals surface area contributed by atoms with E-state index in [1.807, 2.05) is 0 Å². The Bertz CT molecular complexity index is 566. The van der Waals surface area contributed by atoms with Gasteiger partial charge in [0.15, 0.2) is 0 Å². The van der Waals surface area contributed by atoms with Gasteiger partial charge >= 0.3 is 0 Å². The molecule has 0 amide bonds. The molecule has 2 N–H and O–H groups in total. The molecule has 0 saturated heterocycles. The third-order valence-corrected chi connectivity index (χ3v) is 4.97. The van der Waals surface area contributed by atoms with Crippen molar-refractivity contribution >= 4 is 11.6 Å². The molecule has 3 aliphatic rings. The van der Waals surface area contributed by atoms with Crippen molar-refractivity contribution in [2.45, 2.75) is 51.9 Å². The van der Waals surface area contributed by atoms with Gasteiger partial charge < -0.3 is 5.73 Å². The van der Waals surface area contributed by atoms with E-state index >= 15 is 0 Å². The zero-order chi connectivity index (χ0) is 14.8. The molecule has 2 atom stereocenters. The van der Waals surface area contributed by atoms with Crippen molar-refractivity contribution in [3.63, 3.8) is 0 Å². The van der Waals surface area contributed by atoms with Crippen molar-refractivity contribution in [3.8, 4) is 0 Å². The molecule has 2 unspecified atom stereocenters. The van der Waals surface area contributed by atoms with E-state index in [-0.39, 0.29) is 11.7 Å². The van der Waals surface area contributed by atoms with Crippen molar-refractivity contribution in [3.05, 3.63) is 35.1 Å². The minimum Gasteiger partial charge on any atom is -0.383 e. The lowest BCUT2D eigenvalue weighted by molar-refractivity contribution is -0.120. The number of aliphatic imine (C=N–C) groups is 1. The fourth-order valence-electron chi connectivity index (χ4n) is 3.79. The number of ketones is 1. The molecule has 0 aromatic rings. The van der Waals surface area contributed by atoms with Crippen molar-refractivity contribution in [1.82, 2.24) is 0 Å². The summed E-state index contributed by atoms with van der Waals surface area (Å²) in [5, 5.41) is 0. The van der Waals surface area contributed by atoms with Crippen LogP contribution in [-0.2, 0) is 4.79 Å². The third-order valence-electron chi connectivity index (χ3n) is 4.97. The molecule has 0 aromatic heterocycles. The first kappa shape index (κ1) is 14.3. The molecule has 112 valence electrons. The highest BCUT2D eigenvalue weighted by molar-refractivity contribution is 6.02. The molecule has 1 aliphatic heterocycles. The van der Waals surface area contributed by atoms with E-state index in [1.54, 1.807) is 6.92 Å². The van der Waals surface area contributed by atoms with E-state index in [2.05, 4.69) is 23.2 Å². The van der Waals surface area contributed by atoms with Gasteiger partial charge in [0.2, 0.25) is 0 Å². The first-order valence-electron chi connectivity index (χ1n) is 8.11. The summed E-state index contributed by atoms with van der Waals surface area (Å²) < 4.78 is 0.